The molecule has 4 nitrogen and oxygen atoms in total. The number of carbonyl (C=O) groups is 1. The molecule has 126 valence electrons. The molecule has 0 fully saturated rings. The normalized spacial score (nSPS) is 21.6. The highest BCUT2D eigenvalue weighted by molar-refractivity contribution is 9.10. The third-order valence-corrected chi connectivity index (χ3v) is 6.17. The van der Waals surface area contributed by atoms with E-state index in [-0.39, 0.29) is 21.0 Å². The van der Waals surface area contributed by atoms with Crippen molar-refractivity contribution in [1.29, 1.82) is 4.78 Å². The van der Waals surface area contributed by atoms with Crippen molar-refractivity contribution in [3.05, 3.63) is 51.2 Å². The summed E-state index contributed by atoms with van der Waals surface area (Å²) in [5, 5.41) is -4.27. The van der Waals surface area contributed by atoms with Crippen molar-refractivity contribution in [1.82, 2.24) is 0 Å². The smallest absolute Gasteiger partial charge is 0.394 e. The molecule has 0 aromatic heterocycles. The van der Waals surface area contributed by atoms with Crippen LogP contribution in [-0.4, -0.2) is 15.2 Å². The molecule has 1 unspecified atom stereocenters. The summed E-state index contributed by atoms with van der Waals surface area (Å²) in [5.74, 6) is -2.51. The number of carbonyl (C=O) groups excluding carboxylic acids is 1. The van der Waals surface area contributed by atoms with Gasteiger partial charge in [-0.1, -0.05) is 11.6 Å². The number of hydrogen-bond acceptors (Lipinski definition) is 4. The molecule has 3 rings (SSSR count). The van der Waals surface area contributed by atoms with Gasteiger partial charge in [-0.2, -0.15) is 8.78 Å². The van der Waals surface area contributed by atoms with Crippen molar-refractivity contribution in [3.63, 3.8) is 0 Å². The number of alkyl halides is 2. The molecule has 1 aliphatic heterocycles. The van der Waals surface area contributed by atoms with E-state index in [0.717, 1.165) is 24.3 Å². The van der Waals surface area contributed by atoms with Crippen LogP contribution in [0.3, 0.4) is 0 Å². The van der Waals surface area contributed by atoms with Gasteiger partial charge in [0.2, 0.25) is 5.78 Å². The number of rotatable bonds is 2. The van der Waals surface area contributed by atoms with Crippen molar-refractivity contribution in [2.75, 3.05) is 0 Å². The number of benzene rings is 2. The summed E-state index contributed by atoms with van der Waals surface area (Å²) in [4.78, 5) is 11.3. The number of halogens is 5. The van der Waals surface area contributed by atoms with Crippen LogP contribution < -0.4 is 4.74 Å². The molecule has 10 heteroatoms. The van der Waals surface area contributed by atoms with Gasteiger partial charge in [-0.25, -0.2) is 13.4 Å². The molecular weight excluding hydrogens is 435 g/mol. The van der Waals surface area contributed by atoms with E-state index in [1.54, 1.807) is 0 Å². The third-order valence-electron chi connectivity index (χ3n) is 3.29. The Hall–Kier alpha value is -1.58. The number of nitrogens with one attached hydrogen (secondary N) is 1. The van der Waals surface area contributed by atoms with E-state index in [9.17, 15) is 22.2 Å². The van der Waals surface area contributed by atoms with Crippen LogP contribution >= 0.6 is 27.5 Å². The predicted molar refractivity (Wildman–Crippen MR) is 84.0 cm³/mol. The summed E-state index contributed by atoms with van der Waals surface area (Å²) in [6.45, 7) is 0. The molecule has 0 radical (unpaired) electrons. The molecule has 0 saturated carbocycles. The molecule has 0 amide bonds. The minimum Gasteiger partial charge on any atom is -0.456 e. The summed E-state index contributed by atoms with van der Waals surface area (Å²) < 4.78 is 65.4. The largest absolute Gasteiger partial charge is 0.456 e. The van der Waals surface area contributed by atoms with Gasteiger partial charge in [-0.05, 0) is 40.2 Å². The molecule has 1 aliphatic rings. The van der Waals surface area contributed by atoms with Crippen LogP contribution in [0, 0.1) is 10.6 Å². The van der Waals surface area contributed by atoms with Crippen molar-refractivity contribution >= 4 is 43.0 Å². The topological polar surface area (TPSA) is 67.2 Å². The first-order valence-corrected chi connectivity index (χ1v) is 8.96. The second kappa shape index (κ2) is 5.47. The molecule has 0 bridgehead atoms. The highest BCUT2D eigenvalue weighted by atomic mass is 79.9. The Balaban J connectivity index is 2.13. The Kier molecular flexibility index (Phi) is 3.93. The maximum absolute atomic E-state index is 13.8. The molecule has 0 spiro atoms. The molecule has 0 aliphatic carbocycles. The van der Waals surface area contributed by atoms with E-state index in [4.69, 9.17) is 21.1 Å². The Bertz CT molecular complexity index is 975. The zero-order chi connectivity index (χ0) is 17.9. The third kappa shape index (κ3) is 2.42. The number of Topliss-reactive ketones (excluding diaryl/α,β-unsaturated/α-hetero) is 1. The molecule has 2 aromatic rings. The molecule has 24 heavy (non-hydrogen) atoms. The Morgan fingerprint density at radius 3 is 2.54 bits per heavy atom. The first-order chi connectivity index (χ1) is 11.1. The predicted octanol–water partition coefficient (Wildman–Crippen LogP) is 5.23. The van der Waals surface area contributed by atoms with Crippen molar-refractivity contribution in [2.24, 2.45) is 0 Å². The average Bonchev–Trinajstić information content (AvgIpc) is 2.59. The van der Waals surface area contributed by atoms with E-state index >= 15 is 0 Å². The van der Waals surface area contributed by atoms with Gasteiger partial charge >= 0.3 is 5.25 Å². The highest BCUT2D eigenvalue weighted by Crippen LogP contribution is 2.47. The van der Waals surface area contributed by atoms with Gasteiger partial charge in [0.1, 0.15) is 27.0 Å². The maximum Gasteiger partial charge on any atom is 0.394 e. The zero-order valence-electron chi connectivity index (χ0n) is 11.4. The molecule has 2 aromatic carbocycles. The number of hydrogen-bond donors (Lipinski definition) is 1. The monoisotopic (exact) mass is 439 g/mol. The van der Waals surface area contributed by atoms with Crippen LogP contribution in [0.4, 0.5) is 13.2 Å². The average molecular weight is 441 g/mol. The van der Waals surface area contributed by atoms with E-state index in [1.165, 1.54) is 6.07 Å². The summed E-state index contributed by atoms with van der Waals surface area (Å²) >= 11 is 8.66. The zero-order valence-corrected chi connectivity index (χ0v) is 14.6. The van der Waals surface area contributed by atoms with Crippen LogP contribution in [0.5, 0.6) is 11.5 Å². The lowest BCUT2D eigenvalue weighted by atomic mass is 10.1. The molecule has 1 heterocycles. The van der Waals surface area contributed by atoms with Gasteiger partial charge in [-0.15, -0.1) is 0 Å². The summed E-state index contributed by atoms with van der Waals surface area (Å²) in [5.41, 5.74) is -0.583. The Morgan fingerprint density at radius 2 is 1.92 bits per heavy atom. The van der Waals surface area contributed by atoms with Crippen LogP contribution in [0.2, 0.25) is 5.02 Å². The fourth-order valence-electron chi connectivity index (χ4n) is 2.20. The van der Waals surface area contributed by atoms with Gasteiger partial charge in [0.25, 0.3) is 0 Å². The summed E-state index contributed by atoms with van der Waals surface area (Å²) in [6.07, 6.45) is 0. The molecule has 0 saturated heterocycles. The quantitative estimate of drug-likeness (QED) is 0.695. The van der Waals surface area contributed by atoms with E-state index in [1.807, 2.05) is 0 Å². The van der Waals surface area contributed by atoms with Gasteiger partial charge in [0.15, 0.2) is 0 Å². The lowest BCUT2D eigenvalue weighted by Crippen LogP contribution is -2.29. The molecule has 1 N–H and O–H groups in total. The summed E-state index contributed by atoms with van der Waals surface area (Å²) in [6, 6.07) is 5.46. The SMILES string of the molecule is N=S1(=O)c2ccc(Oc3cc(F)cc(Cl)c3)c(Br)c2C(=O)C1(F)F. The highest BCUT2D eigenvalue weighted by Gasteiger charge is 2.59. The second-order valence-corrected chi connectivity index (χ2v) is 8.15. The van der Waals surface area contributed by atoms with Gasteiger partial charge in [0.05, 0.1) is 14.9 Å². The number of ether oxygens (including phenoxy) is 1. The minimum absolute atomic E-state index is 0.0236. The number of fused-ring (bicyclic) bond motifs is 1. The lowest BCUT2D eigenvalue weighted by Gasteiger charge is -2.10. The van der Waals surface area contributed by atoms with Crippen molar-refractivity contribution < 1.29 is 26.9 Å². The van der Waals surface area contributed by atoms with Crippen LogP contribution in [0.1, 0.15) is 10.4 Å². The Morgan fingerprint density at radius 1 is 1.25 bits per heavy atom. The van der Waals surface area contributed by atoms with E-state index in [0.29, 0.717) is 0 Å². The minimum atomic E-state index is -4.61. The number of ketones is 1. The second-order valence-electron chi connectivity index (χ2n) is 4.86. The first kappa shape index (κ1) is 17.2. The van der Waals surface area contributed by atoms with Crippen LogP contribution in [0.15, 0.2) is 39.7 Å². The van der Waals surface area contributed by atoms with Gasteiger partial charge in [-0.3, -0.25) is 4.79 Å². The molecular formula is C14H6BrClF3NO3S. The maximum atomic E-state index is 13.8. The fourth-order valence-corrected chi connectivity index (χ4v) is 4.53. The standard InChI is InChI=1S/C14H6BrClF3NO3S/c15-12-9(23-8-4-6(16)3-7(17)5-8)1-2-10-11(12)13(21)14(18,19)24(10,20)22/h1-5,20H. The van der Waals surface area contributed by atoms with Crippen molar-refractivity contribution in [2.45, 2.75) is 10.2 Å². The van der Waals surface area contributed by atoms with Crippen molar-refractivity contribution in [3.8, 4) is 11.5 Å². The van der Waals surface area contributed by atoms with E-state index in [2.05, 4.69) is 15.9 Å². The van der Waals surface area contributed by atoms with Crippen LogP contribution in [0.25, 0.3) is 0 Å². The molecule has 1 atom stereocenters. The van der Waals surface area contributed by atoms with Gasteiger partial charge in [0, 0.05) is 11.1 Å². The summed E-state index contributed by atoms with van der Waals surface area (Å²) in [7, 11) is -4.61. The Labute approximate surface area is 147 Å². The fraction of sp³-hybridized carbons (Fsp3) is 0.0714. The van der Waals surface area contributed by atoms with Gasteiger partial charge < -0.3 is 4.74 Å². The van der Waals surface area contributed by atoms with Crippen LogP contribution in [-0.2, 0) is 9.73 Å². The lowest BCUT2D eigenvalue weighted by molar-refractivity contribution is 0.0558. The van der Waals surface area contributed by atoms with E-state index < -0.39 is 37.0 Å². The first-order valence-electron chi connectivity index (χ1n) is 6.23.